The quantitative estimate of drug-likeness (QED) is 0.0744. The fourth-order valence-electron chi connectivity index (χ4n) is 5.37. The Morgan fingerprint density at radius 2 is 1.43 bits per heavy atom. The Bertz CT molecular complexity index is 2260. The highest BCUT2D eigenvalue weighted by Gasteiger charge is 2.24. The Morgan fingerprint density at radius 1 is 0.741 bits per heavy atom. The van der Waals surface area contributed by atoms with E-state index in [0.29, 0.717) is 44.9 Å². The third-order valence-electron chi connectivity index (χ3n) is 8.09. The standard InChI is InChI=1S/C42H36N4O6S2/c1-50-31-21-18-29(37(25-31)52-3)24-34(44-39(47)28-14-8-5-9-15-28)40(48)43-30-19-22-32(23-20-30)54-38(27-12-6-4-7-13-27)41(49)46-42-45-35(26-53-42)33-16-10-11-17-36(33)51-2/h4-26,38H,1-3H3,(H,43,48)(H,44,47)(H,45,46,49)/b34-24-. The number of carbonyl (C=O) groups excluding carboxylic acids is 3. The van der Waals surface area contributed by atoms with Gasteiger partial charge in [0.1, 0.15) is 28.2 Å². The van der Waals surface area contributed by atoms with Crippen LogP contribution in [0.25, 0.3) is 17.3 Å². The molecule has 0 radical (unpaired) electrons. The third-order valence-corrected chi connectivity index (χ3v) is 10.1. The van der Waals surface area contributed by atoms with E-state index in [-0.39, 0.29) is 11.6 Å². The van der Waals surface area contributed by atoms with Crippen molar-refractivity contribution >= 4 is 57.7 Å². The number of para-hydroxylation sites is 1. The molecule has 1 heterocycles. The molecule has 1 unspecified atom stereocenters. The number of nitrogens with one attached hydrogen (secondary N) is 3. The lowest BCUT2D eigenvalue weighted by atomic mass is 10.1. The lowest BCUT2D eigenvalue weighted by Crippen LogP contribution is -2.30. The highest BCUT2D eigenvalue weighted by Crippen LogP contribution is 2.38. The van der Waals surface area contributed by atoms with Gasteiger partial charge in [0.2, 0.25) is 5.91 Å². The molecule has 0 bridgehead atoms. The molecule has 3 amide bonds. The van der Waals surface area contributed by atoms with Gasteiger partial charge in [0, 0.05) is 38.7 Å². The van der Waals surface area contributed by atoms with Gasteiger partial charge < -0.3 is 30.2 Å². The number of carbonyl (C=O) groups is 3. The Balaban J connectivity index is 1.19. The Hall–Kier alpha value is -6.37. The van der Waals surface area contributed by atoms with Crippen molar-refractivity contribution in [1.82, 2.24) is 10.3 Å². The third kappa shape index (κ3) is 9.34. The summed E-state index contributed by atoms with van der Waals surface area (Å²) in [5, 5.41) is 10.4. The maximum atomic E-state index is 13.8. The molecule has 272 valence electrons. The van der Waals surface area contributed by atoms with E-state index < -0.39 is 17.1 Å². The van der Waals surface area contributed by atoms with Gasteiger partial charge in [-0.1, -0.05) is 60.7 Å². The van der Waals surface area contributed by atoms with Gasteiger partial charge in [-0.3, -0.25) is 14.4 Å². The van der Waals surface area contributed by atoms with Crippen LogP contribution in [-0.2, 0) is 9.59 Å². The summed E-state index contributed by atoms with van der Waals surface area (Å²) in [6, 6.07) is 38.0. The minimum Gasteiger partial charge on any atom is -0.497 e. The van der Waals surface area contributed by atoms with E-state index in [2.05, 4.69) is 20.9 Å². The molecule has 0 saturated carbocycles. The summed E-state index contributed by atoms with van der Waals surface area (Å²) >= 11 is 2.70. The molecule has 54 heavy (non-hydrogen) atoms. The first kappa shape index (κ1) is 37.4. The zero-order chi connectivity index (χ0) is 37.9. The van der Waals surface area contributed by atoms with Gasteiger partial charge in [0.15, 0.2) is 5.13 Å². The predicted octanol–water partition coefficient (Wildman–Crippen LogP) is 8.72. The zero-order valence-electron chi connectivity index (χ0n) is 29.6. The van der Waals surface area contributed by atoms with Crippen molar-refractivity contribution in [2.75, 3.05) is 32.0 Å². The van der Waals surface area contributed by atoms with E-state index in [0.717, 1.165) is 16.0 Å². The number of anilines is 2. The number of hydrogen-bond acceptors (Lipinski definition) is 9. The molecule has 0 fully saturated rings. The molecule has 0 aliphatic carbocycles. The normalized spacial score (nSPS) is 11.6. The summed E-state index contributed by atoms with van der Waals surface area (Å²) < 4.78 is 16.3. The van der Waals surface area contributed by atoms with Crippen LogP contribution in [-0.4, -0.2) is 44.0 Å². The lowest BCUT2D eigenvalue weighted by Gasteiger charge is -2.17. The second-order valence-electron chi connectivity index (χ2n) is 11.6. The fourth-order valence-corrected chi connectivity index (χ4v) is 7.11. The Labute approximate surface area is 321 Å². The molecule has 6 rings (SSSR count). The van der Waals surface area contributed by atoms with Gasteiger partial charge in [0.25, 0.3) is 11.8 Å². The molecule has 6 aromatic rings. The van der Waals surface area contributed by atoms with Crippen LogP contribution in [0.15, 0.2) is 143 Å². The van der Waals surface area contributed by atoms with Crippen molar-refractivity contribution in [2.24, 2.45) is 0 Å². The predicted molar refractivity (Wildman–Crippen MR) is 214 cm³/mol. The van der Waals surface area contributed by atoms with Crippen LogP contribution in [0, 0.1) is 0 Å². The van der Waals surface area contributed by atoms with Gasteiger partial charge >= 0.3 is 0 Å². The van der Waals surface area contributed by atoms with Crippen molar-refractivity contribution in [1.29, 1.82) is 0 Å². The van der Waals surface area contributed by atoms with Crippen LogP contribution in [0.3, 0.4) is 0 Å². The van der Waals surface area contributed by atoms with E-state index in [4.69, 9.17) is 14.2 Å². The van der Waals surface area contributed by atoms with Crippen molar-refractivity contribution in [3.05, 3.63) is 155 Å². The number of aromatic nitrogens is 1. The summed E-state index contributed by atoms with van der Waals surface area (Å²) in [6.07, 6.45) is 1.55. The number of ether oxygens (including phenoxy) is 3. The summed E-state index contributed by atoms with van der Waals surface area (Å²) in [4.78, 5) is 46.1. The number of nitrogens with zero attached hydrogens (tertiary/aromatic N) is 1. The molecule has 1 aromatic heterocycles. The molecule has 0 aliphatic heterocycles. The van der Waals surface area contributed by atoms with E-state index in [9.17, 15) is 14.4 Å². The van der Waals surface area contributed by atoms with Crippen LogP contribution in [0.5, 0.6) is 17.2 Å². The molecular weight excluding hydrogens is 721 g/mol. The summed E-state index contributed by atoms with van der Waals surface area (Å²) in [6.45, 7) is 0. The molecular formula is C42H36N4O6S2. The topological polar surface area (TPSA) is 128 Å². The maximum Gasteiger partial charge on any atom is 0.272 e. The van der Waals surface area contributed by atoms with Crippen molar-refractivity contribution in [3.63, 3.8) is 0 Å². The average molecular weight is 757 g/mol. The van der Waals surface area contributed by atoms with Crippen LogP contribution < -0.4 is 30.2 Å². The van der Waals surface area contributed by atoms with Gasteiger partial charge in [-0.15, -0.1) is 23.1 Å². The molecule has 12 heteroatoms. The SMILES string of the molecule is COc1ccc(/C=C(\NC(=O)c2ccccc2)C(=O)Nc2ccc(SC(C(=O)Nc3nc(-c4ccccc4OC)cs3)c3ccccc3)cc2)c(OC)c1. The second kappa shape index (κ2) is 17.9. The van der Waals surface area contributed by atoms with E-state index >= 15 is 0 Å². The first-order valence-electron chi connectivity index (χ1n) is 16.7. The first-order chi connectivity index (χ1) is 26.3. The Kier molecular flexibility index (Phi) is 12.4. The molecule has 10 nitrogen and oxygen atoms in total. The van der Waals surface area contributed by atoms with Gasteiger partial charge in [0.05, 0.1) is 27.0 Å². The fraction of sp³-hybridized carbons (Fsp3) is 0.0952. The second-order valence-corrected chi connectivity index (χ2v) is 13.6. The Morgan fingerprint density at radius 3 is 2.13 bits per heavy atom. The number of methoxy groups -OCH3 is 3. The summed E-state index contributed by atoms with van der Waals surface area (Å²) in [7, 11) is 4.67. The van der Waals surface area contributed by atoms with Gasteiger partial charge in [-0.25, -0.2) is 4.98 Å². The maximum absolute atomic E-state index is 13.8. The number of hydrogen-bond donors (Lipinski definition) is 3. The largest absolute Gasteiger partial charge is 0.497 e. The zero-order valence-corrected chi connectivity index (χ0v) is 31.2. The minimum atomic E-state index is -0.604. The van der Waals surface area contributed by atoms with Gasteiger partial charge in [-0.05, 0) is 72.3 Å². The number of benzene rings is 5. The number of amides is 3. The molecule has 5 aromatic carbocycles. The van der Waals surface area contributed by atoms with E-state index in [1.165, 1.54) is 30.2 Å². The number of rotatable bonds is 14. The van der Waals surface area contributed by atoms with Crippen LogP contribution in [0.2, 0.25) is 0 Å². The highest BCUT2D eigenvalue weighted by atomic mass is 32.2. The highest BCUT2D eigenvalue weighted by molar-refractivity contribution is 8.00. The molecule has 1 atom stereocenters. The molecule has 0 aliphatic rings. The van der Waals surface area contributed by atoms with Crippen LogP contribution in [0.1, 0.15) is 26.7 Å². The molecule has 0 saturated heterocycles. The van der Waals surface area contributed by atoms with Crippen LogP contribution in [0.4, 0.5) is 10.8 Å². The van der Waals surface area contributed by atoms with Crippen molar-refractivity contribution in [2.45, 2.75) is 10.1 Å². The smallest absolute Gasteiger partial charge is 0.272 e. The monoisotopic (exact) mass is 756 g/mol. The van der Waals surface area contributed by atoms with E-state index in [1.807, 2.05) is 72.1 Å². The lowest BCUT2D eigenvalue weighted by molar-refractivity contribution is -0.116. The van der Waals surface area contributed by atoms with Crippen molar-refractivity contribution in [3.8, 4) is 28.5 Å². The van der Waals surface area contributed by atoms with E-state index in [1.54, 1.807) is 81.0 Å². The van der Waals surface area contributed by atoms with Crippen molar-refractivity contribution < 1.29 is 28.6 Å². The summed E-state index contributed by atoms with van der Waals surface area (Å²) in [5.41, 5.74) is 3.79. The average Bonchev–Trinajstić information content (AvgIpc) is 3.68. The number of thiazole rings is 1. The molecule has 3 N–H and O–H groups in total. The minimum absolute atomic E-state index is 0.00244. The summed E-state index contributed by atoms with van der Waals surface area (Å²) in [5.74, 6) is 0.501. The van der Waals surface area contributed by atoms with Crippen LogP contribution >= 0.6 is 23.1 Å². The molecule has 0 spiro atoms. The number of thioether (sulfide) groups is 1. The van der Waals surface area contributed by atoms with Gasteiger partial charge in [-0.2, -0.15) is 0 Å². The first-order valence-corrected chi connectivity index (χ1v) is 18.4.